The molecule has 0 aromatic rings. The molecule has 1 aliphatic carbocycles. The van der Waals surface area contributed by atoms with Gasteiger partial charge in [-0.1, -0.05) is 19.8 Å². The molecule has 1 N–H and O–H groups in total. The van der Waals surface area contributed by atoms with Crippen LogP contribution >= 0.6 is 0 Å². The third-order valence-corrected chi connectivity index (χ3v) is 6.80. The second-order valence-electron chi connectivity index (χ2n) is 5.60. The molecular weight excluding hydrogens is 248 g/mol. The van der Waals surface area contributed by atoms with Crippen molar-refractivity contribution in [2.75, 3.05) is 26.2 Å². The molecule has 18 heavy (non-hydrogen) atoms. The van der Waals surface area contributed by atoms with Gasteiger partial charge in [0.25, 0.3) is 0 Å². The first-order chi connectivity index (χ1) is 8.64. The largest absolute Gasteiger partial charge is 0.317 e. The summed E-state index contributed by atoms with van der Waals surface area (Å²) in [7, 11) is -3.04. The Balaban J connectivity index is 1.97. The van der Waals surface area contributed by atoms with Gasteiger partial charge in [-0.05, 0) is 44.7 Å². The van der Waals surface area contributed by atoms with Crippen molar-refractivity contribution in [2.45, 2.75) is 50.7 Å². The molecule has 2 aliphatic rings. The van der Waals surface area contributed by atoms with Gasteiger partial charge in [-0.2, -0.15) is 0 Å². The van der Waals surface area contributed by atoms with Crippen molar-refractivity contribution in [3.8, 4) is 0 Å². The van der Waals surface area contributed by atoms with Crippen LogP contribution in [0.15, 0.2) is 0 Å². The maximum atomic E-state index is 12.5. The van der Waals surface area contributed by atoms with Crippen LogP contribution in [-0.4, -0.2) is 44.2 Å². The van der Waals surface area contributed by atoms with Gasteiger partial charge in [0, 0.05) is 13.1 Å². The molecule has 1 saturated carbocycles. The average molecular weight is 274 g/mol. The predicted molar refractivity (Wildman–Crippen MR) is 74.0 cm³/mol. The van der Waals surface area contributed by atoms with Crippen LogP contribution < -0.4 is 5.32 Å². The molecule has 106 valence electrons. The zero-order valence-electron chi connectivity index (χ0n) is 11.4. The van der Waals surface area contributed by atoms with Gasteiger partial charge >= 0.3 is 0 Å². The number of piperidine rings is 1. The number of nitrogens with zero attached hydrogens (tertiary/aromatic N) is 1. The van der Waals surface area contributed by atoms with Gasteiger partial charge in [0.1, 0.15) is 0 Å². The van der Waals surface area contributed by atoms with E-state index in [2.05, 4.69) is 5.32 Å². The molecule has 0 atom stereocenters. The summed E-state index contributed by atoms with van der Waals surface area (Å²) < 4.78 is 26.8. The molecule has 1 aliphatic heterocycles. The van der Waals surface area contributed by atoms with E-state index >= 15 is 0 Å². The summed E-state index contributed by atoms with van der Waals surface area (Å²) in [5.41, 5.74) is 0. The SMILES string of the molecule is CCN(CC1CCNCC1)S(=O)(=O)C1CCCC1. The summed E-state index contributed by atoms with van der Waals surface area (Å²) in [5, 5.41) is 3.23. The van der Waals surface area contributed by atoms with Gasteiger partial charge in [-0.25, -0.2) is 12.7 Å². The Morgan fingerprint density at radius 3 is 2.28 bits per heavy atom. The fourth-order valence-corrected chi connectivity index (χ4v) is 5.29. The molecule has 0 aromatic heterocycles. The molecule has 0 radical (unpaired) electrons. The lowest BCUT2D eigenvalue weighted by molar-refractivity contribution is 0.292. The van der Waals surface area contributed by atoms with Gasteiger partial charge in [0.2, 0.25) is 10.0 Å². The van der Waals surface area contributed by atoms with Crippen LogP contribution in [0.4, 0.5) is 0 Å². The Kier molecular flexibility index (Phi) is 5.04. The molecule has 2 rings (SSSR count). The van der Waals surface area contributed by atoms with Crippen LogP contribution in [-0.2, 0) is 10.0 Å². The lowest BCUT2D eigenvalue weighted by atomic mass is 9.98. The Labute approximate surface area is 111 Å². The maximum absolute atomic E-state index is 12.5. The van der Waals surface area contributed by atoms with Crippen LogP contribution in [0.3, 0.4) is 0 Å². The van der Waals surface area contributed by atoms with E-state index in [9.17, 15) is 8.42 Å². The van der Waals surface area contributed by atoms with Crippen molar-refractivity contribution >= 4 is 10.0 Å². The molecule has 0 aromatic carbocycles. The zero-order valence-corrected chi connectivity index (χ0v) is 12.2. The summed E-state index contributed by atoms with van der Waals surface area (Å²) in [6.07, 6.45) is 6.10. The molecule has 0 bridgehead atoms. The molecule has 5 heteroatoms. The lowest BCUT2D eigenvalue weighted by Crippen LogP contribution is -2.42. The summed E-state index contributed by atoms with van der Waals surface area (Å²) in [6.45, 7) is 5.39. The highest BCUT2D eigenvalue weighted by atomic mass is 32.2. The summed E-state index contributed by atoms with van der Waals surface area (Å²) >= 11 is 0. The first kappa shape index (κ1) is 14.3. The van der Waals surface area contributed by atoms with Crippen molar-refractivity contribution in [2.24, 2.45) is 5.92 Å². The second kappa shape index (κ2) is 6.35. The predicted octanol–water partition coefficient (Wildman–Crippen LogP) is 1.58. The molecule has 0 spiro atoms. The van der Waals surface area contributed by atoms with Gasteiger partial charge in [0.05, 0.1) is 5.25 Å². The van der Waals surface area contributed by atoms with Crippen molar-refractivity contribution in [1.29, 1.82) is 0 Å². The fraction of sp³-hybridized carbons (Fsp3) is 1.00. The number of sulfonamides is 1. The Morgan fingerprint density at radius 2 is 1.72 bits per heavy atom. The minimum atomic E-state index is -3.04. The van der Waals surface area contributed by atoms with Crippen molar-refractivity contribution in [3.63, 3.8) is 0 Å². The highest BCUT2D eigenvalue weighted by molar-refractivity contribution is 7.89. The van der Waals surface area contributed by atoms with Gasteiger partial charge < -0.3 is 5.32 Å². The highest BCUT2D eigenvalue weighted by Gasteiger charge is 2.34. The van der Waals surface area contributed by atoms with E-state index in [1.54, 1.807) is 4.31 Å². The van der Waals surface area contributed by atoms with E-state index in [-0.39, 0.29) is 5.25 Å². The molecule has 2 fully saturated rings. The van der Waals surface area contributed by atoms with Crippen LogP contribution in [0, 0.1) is 5.92 Å². The number of hydrogen-bond donors (Lipinski definition) is 1. The molecule has 0 unspecified atom stereocenters. The van der Waals surface area contributed by atoms with Crippen molar-refractivity contribution in [1.82, 2.24) is 9.62 Å². The minimum absolute atomic E-state index is 0.0980. The Morgan fingerprint density at radius 1 is 1.11 bits per heavy atom. The maximum Gasteiger partial charge on any atom is 0.216 e. The van der Waals surface area contributed by atoms with E-state index < -0.39 is 10.0 Å². The molecule has 1 saturated heterocycles. The van der Waals surface area contributed by atoms with Crippen molar-refractivity contribution in [3.05, 3.63) is 0 Å². The van der Waals surface area contributed by atoms with Crippen LogP contribution in [0.1, 0.15) is 45.4 Å². The molecule has 0 amide bonds. The Bertz CT molecular complexity index is 344. The van der Waals surface area contributed by atoms with E-state index in [4.69, 9.17) is 0 Å². The second-order valence-corrected chi connectivity index (χ2v) is 7.81. The average Bonchev–Trinajstić information content (AvgIpc) is 2.91. The van der Waals surface area contributed by atoms with Crippen LogP contribution in [0.2, 0.25) is 0 Å². The number of hydrogen-bond acceptors (Lipinski definition) is 3. The van der Waals surface area contributed by atoms with Gasteiger partial charge in [0.15, 0.2) is 0 Å². The molecular formula is C13H26N2O2S. The summed E-state index contributed by atoms with van der Waals surface area (Å²) in [6, 6.07) is 0. The van der Waals surface area contributed by atoms with E-state index in [1.807, 2.05) is 6.92 Å². The monoisotopic (exact) mass is 274 g/mol. The fourth-order valence-electron chi connectivity index (χ4n) is 3.16. The highest BCUT2D eigenvalue weighted by Crippen LogP contribution is 2.28. The molecule has 1 heterocycles. The summed E-state index contributed by atoms with van der Waals surface area (Å²) in [4.78, 5) is 0. The third kappa shape index (κ3) is 3.25. The standard InChI is InChI=1S/C13H26N2O2S/c1-2-15(11-12-7-9-14-10-8-12)18(16,17)13-5-3-4-6-13/h12-14H,2-11H2,1H3. The van der Waals surface area contributed by atoms with Crippen LogP contribution in [0.5, 0.6) is 0 Å². The normalized spacial score (nSPS) is 23.9. The number of nitrogens with one attached hydrogen (secondary N) is 1. The zero-order chi connectivity index (χ0) is 13.0. The first-order valence-corrected chi connectivity index (χ1v) is 8.84. The topological polar surface area (TPSA) is 49.4 Å². The minimum Gasteiger partial charge on any atom is -0.317 e. The molecule has 4 nitrogen and oxygen atoms in total. The first-order valence-electron chi connectivity index (χ1n) is 7.34. The Hall–Kier alpha value is -0.130. The van der Waals surface area contributed by atoms with E-state index in [0.29, 0.717) is 12.5 Å². The summed E-state index contributed by atoms with van der Waals surface area (Å²) in [5.74, 6) is 0.544. The smallest absolute Gasteiger partial charge is 0.216 e. The van der Waals surface area contributed by atoms with Gasteiger partial charge in [-0.3, -0.25) is 0 Å². The van der Waals surface area contributed by atoms with Crippen molar-refractivity contribution < 1.29 is 8.42 Å². The number of rotatable bonds is 5. The van der Waals surface area contributed by atoms with E-state index in [1.165, 1.54) is 0 Å². The lowest BCUT2D eigenvalue weighted by Gasteiger charge is -2.30. The van der Waals surface area contributed by atoms with E-state index in [0.717, 1.165) is 58.2 Å². The third-order valence-electron chi connectivity index (χ3n) is 4.36. The quantitative estimate of drug-likeness (QED) is 0.828. The van der Waals surface area contributed by atoms with Gasteiger partial charge in [-0.15, -0.1) is 0 Å². The van der Waals surface area contributed by atoms with Crippen LogP contribution in [0.25, 0.3) is 0 Å².